The Kier molecular flexibility index (Phi) is 6.50. The fourth-order valence-electron chi connectivity index (χ4n) is 1.91. The lowest BCUT2D eigenvalue weighted by Crippen LogP contribution is -2.24. The second-order valence-corrected chi connectivity index (χ2v) is 4.83. The Balaban J connectivity index is 1.80. The van der Waals surface area contributed by atoms with E-state index in [1.54, 1.807) is 26.4 Å². The molecule has 6 nitrogen and oxygen atoms in total. The fourth-order valence-corrected chi connectivity index (χ4v) is 1.91. The van der Waals surface area contributed by atoms with Crippen LogP contribution in [0.2, 0.25) is 0 Å². The van der Waals surface area contributed by atoms with Crippen LogP contribution in [-0.2, 0) is 11.3 Å². The highest BCUT2D eigenvalue weighted by molar-refractivity contribution is 5.91. The van der Waals surface area contributed by atoms with Crippen LogP contribution in [0.25, 0.3) is 0 Å². The van der Waals surface area contributed by atoms with Gasteiger partial charge in [0, 0.05) is 20.3 Å². The van der Waals surface area contributed by atoms with Gasteiger partial charge in [-0.15, -0.1) is 0 Å². The maximum Gasteiger partial charge on any atom is 0.286 e. The van der Waals surface area contributed by atoms with Crippen LogP contribution >= 0.6 is 0 Å². The van der Waals surface area contributed by atoms with Crippen LogP contribution in [0.5, 0.6) is 11.5 Å². The van der Waals surface area contributed by atoms with Crippen molar-refractivity contribution >= 4 is 5.91 Å². The van der Waals surface area contributed by atoms with Crippen molar-refractivity contribution in [2.75, 3.05) is 27.4 Å². The first kappa shape index (κ1) is 16.9. The Morgan fingerprint density at radius 2 is 1.83 bits per heavy atom. The summed E-state index contributed by atoms with van der Waals surface area (Å²) < 4.78 is 21.1. The van der Waals surface area contributed by atoms with Crippen molar-refractivity contribution in [2.45, 2.75) is 13.0 Å². The number of hydrogen-bond acceptors (Lipinski definition) is 5. The number of amides is 1. The molecule has 0 fully saturated rings. The summed E-state index contributed by atoms with van der Waals surface area (Å²) in [6, 6.07) is 10.6. The van der Waals surface area contributed by atoms with E-state index in [9.17, 15) is 4.79 Å². The lowest BCUT2D eigenvalue weighted by atomic mass is 10.3. The molecule has 0 bridgehead atoms. The maximum atomic E-state index is 11.9. The Bertz CT molecular complexity index is 606. The lowest BCUT2D eigenvalue weighted by molar-refractivity contribution is 0.0917. The van der Waals surface area contributed by atoms with E-state index in [2.05, 4.69) is 5.32 Å². The van der Waals surface area contributed by atoms with Crippen molar-refractivity contribution in [3.8, 4) is 11.5 Å². The molecule has 0 aliphatic heterocycles. The number of nitrogens with one attached hydrogen (secondary N) is 1. The van der Waals surface area contributed by atoms with E-state index in [-0.39, 0.29) is 18.3 Å². The lowest BCUT2D eigenvalue weighted by Gasteiger charge is -2.05. The fraction of sp³-hybridized carbons (Fsp3) is 0.353. The predicted octanol–water partition coefficient (Wildman–Crippen LogP) is 2.63. The van der Waals surface area contributed by atoms with Gasteiger partial charge in [-0.3, -0.25) is 4.79 Å². The molecule has 0 aliphatic rings. The Morgan fingerprint density at radius 1 is 1.09 bits per heavy atom. The number of hydrogen-bond donors (Lipinski definition) is 1. The van der Waals surface area contributed by atoms with Crippen LogP contribution in [-0.4, -0.2) is 33.3 Å². The minimum absolute atomic E-state index is 0.239. The summed E-state index contributed by atoms with van der Waals surface area (Å²) >= 11 is 0. The minimum atomic E-state index is -0.239. The first-order chi connectivity index (χ1) is 11.2. The number of furan rings is 1. The third kappa shape index (κ3) is 5.34. The highest BCUT2D eigenvalue weighted by Gasteiger charge is 2.11. The molecule has 2 rings (SSSR count). The normalized spacial score (nSPS) is 10.3. The molecular formula is C17H21NO5. The molecule has 0 aliphatic carbocycles. The Hall–Kier alpha value is -2.47. The molecule has 0 unspecified atom stereocenters. The topological polar surface area (TPSA) is 69.9 Å². The number of benzene rings is 1. The van der Waals surface area contributed by atoms with Gasteiger partial charge in [-0.05, 0) is 42.8 Å². The van der Waals surface area contributed by atoms with Crippen LogP contribution in [0.15, 0.2) is 40.8 Å². The molecule has 1 aromatic heterocycles. The van der Waals surface area contributed by atoms with E-state index < -0.39 is 0 Å². The predicted molar refractivity (Wildman–Crippen MR) is 84.9 cm³/mol. The summed E-state index contributed by atoms with van der Waals surface area (Å²) in [6.45, 7) is 1.41. The molecule has 0 spiro atoms. The van der Waals surface area contributed by atoms with Crippen molar-refractivity contribution in [3.63, 3.8) is 0 Å². The zero-order valence-corrected chi connectivity index (χ0v) is 13.3. The van der Waals surface area contributed by atoms with E-state index in [1.807, 2.05) is 24.3 Å². The first-order valence-corrected chi connectivity index (χ1v) is 7.35. The van der Waals surface area contributed by atoms with Gasteiger partial charge in [0.2, 0.25) is 0 Å². The van der Waals surface area contributed by atoms with Crippen molar-refractivity contribution in [1.82, 2.24) is 5.32 Å². The molecule has 1 heterocycles. The highest BCUT2D eigenvalue weighted by Crippen LogP contribution is 2.18. The molecule has 0 saturated carbocycles. The molecule has 0 saturated heterocycles. The summed E-state index contributed by atoms with van der Waals surface area (Å²) in [5.74, 6) is 2.09. The van der Waals surface area contributed by atoms with Gasteiger partial charge in [0.15, 0.2) is 5.76 Å². The van der Waals surface area contributed by atoms with Crippen molar-refractivity contribution < 1.29 is 23.4 Å². The molecule has 2 aromatic rings. The second kappa shape index (κ2) is 8.85. The van der Waals surface area contributed by atoms with E-state index in [1.165, 1.54) is 0 Å². The third-order valence-corrected chi connectivity index (χ3v) is 3.14. The van der Waals surface area contributed by atoms with E-state index >= 15 is 0 Å². The number of methoxy groups -OCH3 is 2. The average Bonchev–Trinajstić information content (AvgIpc) is 3.06. The molecular weight excluding hydrogens is 298 g/mol. The monoisotopic (exact) mass is 319 g/mol. The molecule has 6 heteroatoms. The summed E-state index contributed by atoms with van der Waals surface area (Å²) in [5.41, 5.74) is 0. The van der Waals surface area contributed by atoms with Gasteiger partial charge in [0.25, 0.3) is 5.91 Å². The quantitative estimate of drug-likeness (QED) is 0.720. The van der Waals surface area contributed by atoms with Gasteiger partial charge in [0.1, 0.15) is 23.9 Å². The highest BCUT2D eigenvalue weighted by atomic mass is 16.5. The first-order valence-electron chi connectivity index (χ1n) is 7.35. The largest absolute Gasteiger partial charge is 0.497 e. The Labute approximate surface area is 135 Å². The summed E-state index contributed by atoms with van der Waals surface area (Å²) in [5, 5.41) is 2.77. The molecule has 124 valence electrons. The van der Waals surface area contributed by atoms with Crippen LogP contribution in [0, 0.1) is 0 Å². The molecule has 1 N–H and O–H groups in total. The van der Waals surface area contributed by atoms with Crippen molar-refractivity contribution in [3.05, 3.63) is 47.9 Å². The minimum Gasteiger partial charge on any atom is -0.497 e. The second-order valence-electron chi connectivity index (χ2n) is 4.83. The van der Waals surface area contributed by atoms with Crippen LogP contribution < -0.4 is 14.8 Å². The van der Waals surface area contributed by atoms with E-state index in [4.69, 9.17) is 18.6 Å². The van der Waals surface area contributed by atoms with E-state index in [0.717, 1.165) is 12.2 Å². The van der Waals surface area contributed by atoms with Gasteiger partial charge in [0.05, 0.1) is 7.11 Å². The van der Waals surface area contributed by atoms with E-state index in [0.29, 0.717) is 24.7 Å². The average molecular weight is 319 g/mol. The number of carbonyl (C=O) groups is 1. The number of rotatable bonds is 9. The standard InChI is InChI=1S/C17H21NO5/c1-20-11-3-10-18-17(19)16-9-8-15(23-16)12-22-14-6-4-13(21-2)5-7-14/h4-9H,3,10-12H2,1-2H3,(H,18,19). The van der Waals surface area contributed by atoms with Gasteiger partial charge in [-0.25, -0.2) is 0 Å². The van der Waals surface area contributed by atoms with Crippen molar-refractivity contribution in [2.24, 2.45) is 0 Å². The Morgan fingerprint density at radius 3 is 2.52 bits per heavy atom. The molecule has 0 radical (unpaired) electrons. The van der Waals surface area contributed by atoms with Gasteiger partial charge < -0.3 is 23.9 Å². The van der Waals surface area contributed by atoms with Crippen LogP contribution in [0.4, 0.5) is 0 Å². The third-order valence-electron chi connectivity index (χ3n) is 3.14. The molecule has 1 amide bonds. The SMILES string of the molecule is COCCCNC(=O)c1ccc(COc2ccc(OC)cc2)o1. The van der Waals surface area contributed by atoms with Gasteiger partial charge in [-0.2, -0.15) is 0 Å². The maximum absolute atomic E-state index is 11.9. The molecule has 1 aromatic carbocycles. The van der Waals surface area contributed by atoms with Gasteiger partial charge in [-0.1, -0.05) is 0 Å². The number of carbonyl (C=O) groups excluding carboxylic acids is 1. The van der Waals surface area contributed by atoms with Gasteiger partial charge >= 0.3 is 0 Å². The summed E-state index contributed by atoms with van der Waals surface area (Å²) in [4.78, 5) is 11.9. The zero-order chi connectivity index (χ0) is 16.5. The van der Waals surface area contributed by atoms with Crippen LogP contribution in [0.1, 0.15) is 22.7 Å². The smallest absolute Gasteiger partial charge is 0.286 e. The van der Waals surface area contributed by atoms with Crippen LogP contribution in [0.3, 0.4) is 0 Å². The molecule has 23 heavy (non-hydrogen) atoms. The summed E-state index contributed by atoms with van der Waals surface area (Å²) in [6.07, 6.45) is 0.760. The molecule has 0 atom stereocenters. The summed E-state index contributed by atoms with van der Waals surface area (Å²) in [7, 11) is 3.24. The zero-order valence-electron chi connectivity index (χ0n) is 13.3. The number of ether oxygens (including phenoxy) is 3. The van der Waals surface area contributed by atoms with Crippen molar-refractivity contribution in [1.29, 1.82) is 0 Å².